The predicted octanol–water partition coefficient (Wildman–Crippen LogP) is 3.01. The van der Waals surface area contributed by atoms with Crippen LogP contribution in [-0.4, -0.2) is 53.2 Å². The molecular formula is C18H30N4O2. The van der Waals surface area contributed by atoms with Gasteiger partial charge in [-0.1, -0.05) is 11.6 Å². The molecule has 1 aromatic rings. The van der Waals surface area contributed by atoms with Gasteiger partial charge in [-0.25, -0.2) is 4.79 Å². The van der Waals surface area contributed by atoms with Crippen LogP contribution in [0.3, 0.4) is 0 Å². The molecule has 2 fully saturated rings. The van der Waals surface area contributed by atoms with Gasteiger partial charge in [-0.2, -0.15) is 0 Å². The van der Waals surface area contributed by atoms with E-state index < -0.39 is 0 Å². The van der Waals surface area contributed by atoms with Crippen molar-refractivity contribution in [1.82, 2.24) is 20.3 Å². The molecule has 1 aromatic heterocycles. The highest BCUT2D eigenvalue weighted by Crippen LogP contribution is 2.23. The third kappa shape index (κ3) is 3.74. The first kappa shape index (κ1) is 17.3. The average molecular weight is 334 g/mol. The van der Waals surface area contributed by atoms with Crippen molar-refractivity contribution in [2.24, 2.45) is 0 Å². The van der Waals surface area contributed by atoms with Crippen LogP contribution in [0.1, 0.15) is 62.1 Å². The Bertz CT molecular complexity index is 546. The van der Waals surface area contributed by atoms with E-state index in [-0.39, 0.29) is 12.1 Å². The number of nitrogens with zero attached hydrogens (tertiary/aromatic N) is 3. The van der Waals surface area contributed by atoms with Gasteiger partial charge >= 0.3 is 6.03 Å². The first-order valence-corrected chi connectivity index (χ1v) is 9.28. The Morgan fingerprint density at radius 1 is 1.21 bits per heavy atom. The zero-order valence-electron chi connectivity index (χ0n) is 15.2. The van der Waals surface area contributed by atoms with E-state index in [1.807, 2.05) is 25.7 Å². The van der Waals surface area contributed by atoms with Crippen molar-refractivity contribution in [3.63, 3.8) is 0 Å². The predicted molar refractivity (Wildman–Crippen MR) is 92.9 cm³/mol. The Balaban J connectivity index is 1.62. The van der Waals surface area contributed by atoms with Crippen molar-refractivity contribution in [3.05, 3.63) is 17.0 Å². The molecule has 0 aliphatic carbocycles. The Hall–Kier alpha value is -1.56. The van der Waals surface area contributed by atoms with E-state index in [9.17, 15) is 4.79 Å². The first-order chi connectivity index (χ1) is 11.6. The molecule has 0 spiro atoms. The second kappa shape index (κ2) is 7.55. The summed E-state index contributed by atoms with van der Waals surface area (Å²) in [5, 5.41) is 7.13. The fraction of sp³-hybridized carbons (Fsp3) is 0.778. The van der Waals surface area contributed by atoms with Crippen LogP contribution in [0, 0.1) is 13.8 Å². The lowest BCUT2D eigenvalue weighted by molar-refractivity contribution is 0.164. The van der Waals surface area contributed by atoms with Crippen LogP contribution in [0.5, 0.6) is 0 Å². The summed E-state index contributed by atoms with van der Waals surface area (Å²) in [6.45, 7) is 9.90. The van der Waals surface area contributed by atoms with E-state index in [0.29, 0.717) is 6.04 Å². The van der Waals surface area contributed by atoms with Gasteiger partial charge in [0, 0.05) is 24.7 Å². The molecule has 3 rings (SSSR count). The van der Waals surface area contributed by atoms with Gasteiger partial charge in [0.05, 0.1) is 11.7 Å². The van der Waals surface area contributed by atoms with Crippen LogP contribution in [0.25, 0.3) is 0 Å². The second-order valence-corrected chi connectivity index (χ2v) is 7.25. The Morgan fingerprint density at radius 3 is 2.58 bits per heavy atom. The van der Waals surface area contributed by atoms with Crippen molar-refractivity contribution >= 4 is 6.03 Å². The van der Waals surface area contributed by atoms with Crippen molar-refractivity contribution in [2.45, 2.75) is 65.0 Å². The summed E-state index contributed by atoms with van der Waals surface area (Å²) in [7, 11) is 0. The van der Waals surface area contributed by atoms with E-state index in [0.717, 1.165) is 36.5 Å². The minimum absolute atomic E-state index is 0.0357. The van der Waals surface area contributed by atoms with Gasteiger partial charge in [-0.05, 0) is 59.5 Å². The molecule has 2 atom stereocenters. The Kier molecular flexibility index (Phi) is 5.43. The summed E-state index contributed by atoms with van der Waals surface area (Å²) in [5.74, 6) is 0.783. The third-order valence-corrected chi connectivity index (χ3v) is 5.45. The number of urea groups is 1. The second-order valence-electron chi connectivity index (χ2n) is 7.25. The van der Waals surface area contributed by atoms with Crippen LogP contribution < -0.4 is 5.32 Å². The van der Waals surface area contributed by atoms with Crippen LogP contribution in [0.4, 0.5) is 4.79 Å². The van der Waals surface area contributed by atoms with Gasteiger partial charge in [0.15, 0.2) is 0 Å². The fourth-order valence-corrected chi connectivity index (χ4v) is 4.17. The molecule has 2 aliphatic rings. The Labute approximate surface area is 144 Å². The molecule has 0 aromatic carbocycles. The fourth-order valence-electron chi connectivity index (χ4n) is 4.17. The minimum atomic E-state index is -0.0859. The highest BCUT2D eigenvalue weighted by atomic mass is 16.5. The van der Waals surface area contributed by atoms with Gasteiger partial charge in [-0.15, -0.1) is 0 Å². The maximum atomic E-state index is 12.8. The van der Waals surface area contributed by atoms with Crippen LogP contribution >= 0.6 is 0 Å². The van der Waals surface area contributed by atoms with Crippen molar-refractivity contribution in [3.8, 4) is 0 Å². The number of hydrogen-bond donors (Lipinski definition) is 1. The summed E-state index contributed by atoms with van der Waals surface area (Å²) in [4.78, 5) is 17.4. The molecule has 3 heterocycles. The Morgan fingerprint density at radius 2 is 1.92 bits per heavy atom. The number of likely N-dealkylation sites (tertiary alicyclic amines) is 2. The molecule has 1 N–H and O–H groups in total. The highest BCUT2D eigenvalue weighted by Gasteiger charge is 2.29. The molecule has 24 heavy (non-hydrogen) atoms. The number of rotatable bonds is 3. The maximum absolute atomic E-state index is 12.8. The zero-order valence-corrected chi connectivity index (χ0v) is 15.2. The molecule has 0 unspecified atom stereocenters. The van der Waals surface area contributed by atoms with E-state index in [2.05, 4.69) is 15.4 Å². The number of amides is 2. The lowest BCUT2D eigenvalue weighted by Gasteiger charge is -2.31. The smallest absolute Gasteiger partial charge is 0.317 e. The SMILES string of the molecule is Cc1noc(C)c1[C@H](C)NC(=O)N1CCCC[C@@H](N2CCCC2)C1. The lowest BCUT2D eigenvalue weighted by Crippen LogP contribution is -2.47. The lowest BCUT2D eigenvalue weighted by atomic mass is 10.1. The topological polar surface area (TPSA) is 61.6 Å². The molecule has 0 saturated carbocycles. The van der Waals surface area contributed by atoms with Crippen LogP contribution in [-0.2, 0) is 0 Å². The molecular weight excluding hydrogens is 304 g/mol. The third-order valence-electron chi connectivity index (χ3n) is 5.45. The molecule has 6 nitrogen and oxygen atoms in total. The zero-order chi connectivity index (χ0) is 17.1. The number of nitrogens with one attached hydrogen (secondary N) is 1. The molecule has 6 heteroatoms. The summed E-state index contributed by atoms with van der Waals surface area (Å²) < 4.78 is 5.23. The van der Waals surface area contributed by atoms with Crippen molar-refractivity contribution in [2.75, 3.05) is 26.2 Å². The monoisotopic (exact) mass is 334 g/mol. The summed E-state index contributed by atoms with van der Waals surface area (Å²) in [6, 6.07) is 0.473. The van der Waals surface area contributed by atoms with Crippen LogP contribution in [0.2, 0.25) is 0 Å². The molecule has 2 amide bonds. The standard InChI is InChI=1S/C18H30N4O2/c1-13(17-14(2)20-24-15(17)3)19-18(23)22-11-5-4-8-16(12-22)21-9-6-7-10-21/h13,16H,4-12H2,1-3H3,(H,19,23)/t13-,16+/m0/s1. The molecule has 0 bridgehead atoms. The van der Waals surface area contributed by atoms with Gasteiger partial charge in [0.25, 0.3) is 0 Å². The van der Waals surface area contributed by atoms with E-state index in [1.54, 1.807) is 0 Å². The van der Waals surface area contributed by atoms with E-state index >= 15 is 0 Å². The molecule has 2 aliphatic heterocycles. The molecule has 0 radical (unpaired) electrons. The maximum Gasteiger partial charge on any atom is 0.317 e. The average Bonchev–Trinajstić information content (AvgIpc) is 3.11. The van der Waals surface area contributed by atoms with Gasteiger partial charge in [0.1, 0.15) is 5.76 Å². The van der Waals surface area contributed by atoms with Gasteiger partial charge in [-0.3, -0.25) is 4.90 Å². The first-order valence-electron chi connectivity index (χ1n) is 9.28. The normalized spacial score (nSPS) is 24.0. The van der Waals surface area contributed by atoms with Gasteiger partial charge < -0.3 is 14.7 Å². The minimum Gasteiger partial charge on any atom is -0.361 e. The number of aryl methyl sites for hydroxylation is 2. The molecule has 134 valence electrons. The number of aromatic nitrogens is 1. The van der Waals surface area contributed by atoms with Crippen LogP contribution in [0.15, 0.2) is 4.52 Å². The number of carbonyl (C=O) groups is 1. The largest absolute Gasteiger partial charge is 0.361 e. The molecule has 2 saturated heterocycles. The summed E-state index contributed by atoms with van der Waals surface area (Å²) >= 11 is 0. The van der Waals surface area contributed by atoms with E-state index in [4.69, 9.17) is 4.52 Å². The summed E-state index contributed by atoms with van der Waals surface area (Å²) in [6.07, 6.45) is 6.11. The number of hydrogen-bond acceptors (Lipinski definition) is 4. The quantitative estimate of drug-likeness (QED) is 0.923. The highest BCUT2D eigenvalue weighted by molar-refractivity contribution is 5.74. The van der Waals surface area contributed by atoms with Crippen molar-refractivity contribution in [1.29, 1.82) is 0 Å². The van der Waals surface area contributed by atoms with E-state index in [1.165, 1.54) is 38.8 Å². The summed E-state index contributed by atoms with van der Waals surface area (Å²) in [5.41, 5.74) is 1.85. The van der Waals surface area contributed by atoms with Gasteiger partial charge in [0.2, 0.25) is 0 Å². The van der Waals surface area contributed by atoms with Crippen molar-refractivity contribution < 1.29 is 9.32 Å². The number of carbonyl (C=O) groups excluding carboxylic acids is 1.